The van der Waals surface area contributed by atoms with E-state index in [9.17, 15) is 21.0 Å². The van der Waals surface area contributed by atoms with Crippen molar-refractivity contribution in [2.24, 2.45) is 0 Å². The Morgan fingerprint density at radius 2 is 0.590 bits per heavy atom. The van der Waals surface area contributed by atoms with Gasteiger partial charge in [-0.15, -0.1) is 0 Å². The normalized spacial score (nSPS) is 12.2. The van der Waals surface area contributed by atoms with Crippen molar-refractivity contribution in [2.75, 3.05) is 0 Å². The first-order valence-corrected chi connectivity index (χ1v) is 32.9. The SMILES string of the molecule is N#Cc1cc(-n2c3ccccc3c3c4c(ccc32)oc2cc(-c3cc5c6ccccc6n(-c6cc(C#N)c(-n7c8ccccc8c8ccc9oc%10ccccc%10c9c87)cc6C#N)c5c5c3oc3ccccc35)ccc24)c(C#N)cc1-n1c2ccccc2c2c3c(ccc21)oc1ccccc13. The van der Waals surface area contributed by atoms with E-state index in [0.717, 1.165) is 164 Å². The van der Waals surface area contributed by atoms with E-state index in [1.54, 1.807) is 0 Å². The molecule has 0 spiro atoms. The fourth-order valence-corrected chi connectivity index (χ4v) is 16.9. The summed E-state index contributed by atoms with van der Waals surface area (Å²) in [4.78, 5) is 0. The lowest BCUT2D eigenvalue weighted by Crippen LogP contribution is -2.04. The number of benzene rings is 14. The van der Waals surface area contributed by atoms with Gasteiger partial charge in [-0.1, -0.05) is 133 Å². The molecule has 22 rings (SSSR count). The zero-order valence-corrected chi connectivity index (χ0v) is 52.5. The smallest absolute Gasteiger partial charge is 0.145 e. The monoisotopic (exact) mass is 1270 g/mol. The van der Waals surface area contributed by atoms with Crippen LogP contribution in [0.5, 0.6) is 0 Å². The van der Waals surface area contributed by atoms with Gasteiger partial charge in [-0.25, -0.2) is 0 Å². The molecule has 0 amide bonds. The highest BCUT2D eigenvalue weighted by Crippen LogP contribution is 2.50. The Morgan fingerprint density at radius 3 is 1.10 bits per heavy atom. The Bertz CT molecular complexity index is 7730. The van der Waals surface area contributed by atoms with E-state index in [0.29, 0.717) is 67.3 Å². The number of nitriles is 4. The molecule has 0 saturated heterocycles. The summed E-state index contributed by atoms with van der Waals surface area (Å²) in [5, 5.41) is 60.9. The molecular formula is C88H42N8O4. The predicted octanol–water partition coefficient (Wildman–Crippen LogP) is 22.8. The number of para-hydroxylation sites is 7. The van der Waals surface area contributed by atoms with Gasteiger partial charge in [0.25, 0.3) is 0 Å². The highest BCUT2D eigenvalue weighted by Gasteiger charge is 2.30. The molecule has 8 heterocycles. The van der Waals surface area contributed by atoms with Crippen molar-refractivity contribution >= 4 is 175 Å². The number of nitrogens with zero attached hydrogens (tertiary/aromatic N) is 8. The van der Waals surface area contributed by atoms with Crippen LogP contribution in [0.2, 0.25) is 0 Å². The van der Waals surface area contributed by atoms with Gasteiger partial charge in [0.05, 0.1) is 99.9 Å². The number of rotatable bonds is 5. The van der Waals surface area contributed by atoms with Crippen LogP contribution in [0.15, 0.2) is 272 Å². The largest absolute Gasteiger partial charge is 0.456 e. The quantitative estimate of drug-likeness (QED) is 0.164. The standard InChI is InChI=1S/C88H42N8O4/c89-43-48-38-70(49(44-90)37-69(48)93-65-24-10-3-17-55(65)80-67(93)32-35-76-82(80)57-19-5-12-26-73(57)97-76)94-66-25-11-4-18-56(66)81-68(94)33-36-77-83(81)60-30-29-47(41-79(60)99-77)61-42-62-53-16-2-9-23-64(53)96(87(62)85-59-21-7-14-28-75(59)100-88(61)85)72-40-50(45-91)71(39-51(72)46-92)95-63-22-8-1-15-52(63)54-31-34-78-84(86(54)95)58-20-6-13-27-74(58)98-78/h1-42H. The molecule has 0 unspecified atom stereocenters. The molecule has 22 aromatic rings. The number of aromatic nitrogens is 4. The van der Waals surface area contributed by atoms with Gasteiger partial charge >= 0.3 is 0 Å². The summed E-state index contributed by atoms with van der Waals surface area (Å²) in [5.41, 5.74) is 18.3. The number of fused-ring (bicyclic) bond motifs is 28. The summed E-state index contributed by atoms with van der Waals surface area (Å²) < 4.78 is 35.4. The highest BCUT2D eigenvalue weighted by molar-refractivity contribution is 6.31. The Kier molecular flexibility index (Phi) is 10.5. The summed E-state index contributed by atoms with van der Waals surface area (Å²) >= 11 is 0. The van der Waals surface area contributed by atoms with Crippen molar-refractivity contribution in [1.82, 2.24) is 18.3 Å². The summed E-state index contributed by atoms with van der Waals surface area (Å²) in [6.45, 7) is 0. The molecule has 0 N–H and O–H groups in total. The molecule has 0 atom stereocenters. The van der Waals surface area contributed by atoms with E-state index in [4.69, 9.17) is 17.7 Å². The molecular weight excluding hydrogens is 1230 g/mol. The molecule has 0 bridgehead atoms. The molecule has 12 heteroatoms. The number of hydrogen-bond acceptors (Lipinski definition) is 8. The lowest BCUT2D eigenvalue weighted by molar-refractivity contribution is 0.668. The first-order chi connectivity index (χ1) is 49.4. The predicted molar refractivity (Wildman–Crippen MR) is 397 cm³/mol. The molecule has 0 saturated carbocycles. The van der Waals surface area contributed by atoms with E-state index in [1.165, 1.54) is 0 Å². The molecule has 100 heavy (non-hydrogen) atoms. The minimum absolute atomic E-state index is 0.376. The Balaban J connectivity index is 0.727. The van der Waals surface area contributed by atoms with E-state index >= 15 is 0 Å². The van der Waals surface area contributed by atoms with Crippen LogP contribution in [-0.4, -0.2) is 18.3 Å². The van der Waals surface area contributed by atoms with E-state index in [-0.39, 0.29) is 0 Å². The Hall–Kier alpha value is -14.6. The second kappa shape index (κ2) is 19.5. The summed E-state index contributed by atoms with van der Waals surface area (Å²) in [6.07, 6.45) is 0. The summed E-state index contributed by atoms with van der Waals surface area (Å²) in [7, 11) is 0. The number of hydrogen-bond donors (Lipinski definition) is 0. The lowest BCUT2D eigenvalue weighted by atomic mass is 9.97. The molecule has 0 aliphatic carbocycles. The maximum absolute atomic E-state index is 11.5. The third-order valence-corrected chi connectivity index (χ3v) is 20.9. The van der Waals surface area contributed by atoms with Gasteiger partial charge in [-0.2, -0.15) is 21.0 Å². The third-order valence-electron chi connectivity index (χ3n) is 20.9. The molecule has 8 aromatic heterocycles. The van der Waals surface area contributed by atoms with Gasteiger partial charge in [-0.05, 0) is 127 Å². The van der Waals surface area contributed by atoms with Gasteiger partial charge in [0, 0.05) is 81.0 Å². The zero-order chi connectivity index (χ0) is 65.9. The average molecular weight is 1280 g/mol. The molecule has 12 nitrogen and oxygen atoms in total. The Labute approximate surface area is 564 Å². The molecule has 14 aromatic carbocycles. The minimum atomic E-state index is 0.376. The molecule has 0 aliphatic heterocycles. The van der Waals surface area contributed by atoms with Gasteiger partial charge in [-0.3, -0.25) is 0 Å². The first kappa shape index (κ1) is 53.8. The molecule has 458 valence electrons. The Morgan fingerprint density at radius 1 is 0.230 bits per heavy atom. The van der Waals surface area contributed by atoms with Gasteiger partial charge in [0.15, 0.2) is 0 Å². The van der Waals surface area contributed by atoms with Crippen LogP contribution in [0.1, 0.15) is 22.3 Å². The first-order valence-electron chi connectivity index (χ1n) is 32.9. The van der Waals surface area contributed by atoms with Crippen LogP contribution in [0.3, 0.4) is 0 Å². The second-order valence-electron chi connectivity index (χ2n) is 25.8. The van der Waals surface area contributed by atoms with Crippen LogP contribution < -0.4 is 0 Å². The van der Waals surface area contributed by atoms with Crippen LogP contribution in [0.25, 0.3) is 209 Å². The van der Waals surface area contributed by atoms with Crippen LogP contribution in [-0.2, 0) is 0 Å². The van der Waals surface area contributed by atoms with Gasteiger partial charge in [0.2, 0.25) is 0 Å². The molecule has 0 aliphatic rings. The van der Waals surface area contributed by atoms with E-state index < -0.39 is 0 Å². The summed E-state index contributed by atoms with van der Waals surface area (Å²) in [6, 6.07) is 95.4. The molecule has 0 fully saturated rings. The topological polar surface area (TPSA) is 167 Å². The lowest BCUT2D eigenvalue weighted by Gasteiger charge is -2.16. The third kappa shape index (κ3) is 6.91. The van der Waals surface area contributed by atoms with Crippen LogP contribution in [0, 0.1) is 45.3 Å². The van der Waals surface area contributed by atoms with Crippen molar-refractivity contribution in [3.8, 4) is 58.2 Å². The fourth-order valence-electron chi connectivity index (χ4n) is 16.9. The van der Waals surface area contributed by atoms with Crippen LogP contribution in [0.4, 0.5) is 0 Å². The summed E-state index contributed by atoms with van der Waals surface area (Å²) in [5.74, 6) is 0. The van der Waals surface area contributed by atoms with E-state index in [1.807, 2.05) is 158 Å². The van der Waals surface area contributed by atoms with Gasteiger partial charge < -0.3 is 35.9 Å². The van der Waals surface area contributed by atoms with Crippen molar-refractivity contribution in [1.29, 1.82) is 21.0 Å². The minimum Gasteiger partial charge on any atom is -0.456 e. The second-order valence-corrected chi connectivity index (χ2v) is 25.8. The maximum Gasteiger partial charge on any atom is 0.145 e. The zero-order valence-electron chi connectivity index (χ0n) is 52.5. The molecule has 0 radical (unpaired) electrons. The maximum atomic E-state index is 11.5. The fraction of sp³-hybridized carbons (Fsp3) is 0. The average Bonchev–Trinajstić information content (AvgIpc) is 1.55. The van der Waals surface area contributed by atoms with Crippen molar-refractivity contribution < 1.29 is 17.7 Å². The van der Waals surface area contributed by atoms with Gasteiger partial charge in [0.1, 0.15) is 68.9 Å². The van der Waals surface area contributed by atoms with E-state index in [2.05, 4.69) is 140 Å². The number of furan rings is 4. The van der Waals surface area contributed by atoms with Crippen molar-refractivity contribution in [2.45, 2.75) is 0 Å². The van der Waals surface area contributed by atoms with Crippen molar-refractivity contribution in [3.05, 3.63) is 277 Å². The van der Waals surface area contributed by atoms with Crippen LogP contribution >= 0.6 is 0 Å². The highest BCUT2D eigenvalue weighted by atomic mass is 16.3. The van der Waals surface area contributed by atoms with Crippen molar-refractivity contribution in [3.63, 3.8) is 0 Å².